The number of aromatic nitrogens is 1. The molecule has 6 nitrogen and oxygen atoms in total. The number of anilines is 2. The van der Waals surface area contributed by atoms with Gasteiger partial charge in [0, 0.05) is 23.7 Å². The molecule has 1 fully saturated rings. The van der Waals surface area contributed by atoms with Crippen LogP contribution in [0.3, 0.4) is 0 Å². The van der Waals surface area contributed by atoms with Crippen molar-refractivity contribution in [3.8, 4) is 5.69 Å². The summed E-state index contributed by atoms with van der Waals surface area (Å²) >= 11 is 7.20. The number of likely N-dealkylation sites (tertiary alicyclic amines) is 1. The maximum absolute atomic E-state index is 13.7. The SMILES string of the molecule is O=C(c1sc2c(ccc(=O)n2-c2ccccc2)c1Nc1ccc(F)c(Cl)c1)N1CCC[C@@H]1CO. The fourth-order valence-electron chi connectivity index (χ4n) is 4.32. The lowest BCUT2D eigenvalue weighted by molar-refractivity contribution is 0.0683. The molecule has 0 bridgehead atoms. The molecule has 2 aromatic carbocycles. The molecule has 5 rings (SSSR count). The molecule has 1 aliphatic rings. The Labute approximate surface area is 203 Å². The maximum Gasteiger partial charge on any atom is 0.266 e. The van der Waals surface area contributed by atoms with Gasteiger partial charge in [-0.3, -0.25) is 14.2 Å². The number of hydrogen-bond donors (Lipinski definition) is 2. The van der Waals surface area contributed by atoms with E-state index in [0.29, 0.717) is 38.7 Å². The number of hydrogen-bond acceptors (Lipinski definition) is 5. The average molecular weight is 498 g/mol. The van der Waals surface area contributed by atoms with Gasteiger partial charge in [-0.15, -0.1) is 11.3 Å². The number of nitrogens with zero attached hydrogens (tertiary/aromatic N) is 2. The fraction of sp³-hybridized carbons (Fsp3) is 0.200. The zero-order chi connectivity index (χ0) is 23.8. The zero-order valence-corrected chi connectivity index (χ0v) is 19.6. The van der Waals surface area contributed by atoms with E-state index >= 15 is 0 Å². The van der Waals surface area contributed by atoms with Gasteiger partial charge in [0.1, 0.15) is 15.5 Å². The molecule has 0 spiro atoms. The number of carbonyl (C=O) groups is 1. The van der Waals surface area contributed by atoms with Gasteiger partial charge >= 0.3 is 0 Å². The topological polar surface area (TPSA) is 74.6 Å². The lowest BCUT2D eigenvalue weighted by atomic mass is 10.2. The van der Waals surface area contributed by atoms with Crippen molar-refractivity contribution in [2.24, 2.45) is 0 Å². The standard InChI is InChI=1S/C25H21ClFN3O3S/c26-19-13-15(8-10-20(19)27)28-22-18-9-11-21(32)30(16-5-2-1-3-6-16)25(18)34-23(22)24(33)29-12-4-7-17(29)14-31/h1-3,5-6,8-11,13,17,28,31H,4,7,12,14H2/t17-/m1/s1. The number of halogens is 2. The van der Waals surface area contributed by atoms with E-state index in [0.717, 1.165) is 12.8 Å². The molecule has 0 aliphatic carbocycles. The first kappa shape index (κ1) is 22.6. The van der Waals surface area contributed by atoms with Crippen LogP contribution in [-0.2, 0) is 0 Å². The summed E-state index contributed by atoms with van der Waals surface area (Å²) in [5.74, 6) is -0.764. The first-order valence-electron chi connectivity index (χ1n) is 10.9. The Morgan fingerprint density at radius 3 is 2.71 bits per heavy atom. The highest BCUT2D eigenvalue weighted by Gasteiger charge is 2.32. The number of para-hydroxylation sites is 1. The maximum atomic E-state index is 13.7. The van der Waals surface area contributed by atoms with Gasteiger partial charge in [0.2, 0.25) is 0 Å². The number of benzene rings is 2. The predicted molar refractivity (Wildman–Crippen MR) is 133 cm³/mol. The molecule has 2 N–H and O–H groups in total. The smallest absolute Gasteiger partial charge is 0.266 e. The molecule has 2 aromatic heterocycles. The first-order chi connectivity index (χ1) is 16.5. The summed E-state index contributed by atoms with van der Waals surface area (Å²) in [6.07, 6.45) is 1.55. The van der Waals surface area contributed by atoms with Gasteiger partial charge in [-0.25, -0.2) is 4.39 Å². The second kappa shape index (κ2) is 9.21. The Kier molecular flexibility index (Phi) is 6.12. The monoisotopic (exact) mass is 497 g/mol. The van der Waals surface area contributed by atoms with Crippen LogP contribution < -0.4 is 10.9 Å². The highest BCUT2D eigenvalue weighted by Crippen LogP contribution is 2.40. The third-order valence-corrected chi connectivity index (χ3v) is 7.46. The summed E-state index contributed by atoms with van der Waals surface area (Å²) in [5, 5.41) is 13.6. The number of amides is 1. The molecular formula is C25H21ClFN3O3S. The van der Waals surface area contributed by atoms with Crippen LogP contribution in [0.4, 0.5) is 15.8 Å². The number of rotatable bonds is 5. The summed E-state index contributed by atoms with van der Waals surface area (Å²) < 4.78 is 15.3. The van der Waals surface area contributed by atoms with E-state index < -0.39 is 5.82 Å². The van der Waals surface area contributed by atoms with Gasteiger partial charge in [-0.05, 0) is 49.2 Å². The molecule has 9 heteroatoms. The second-order valence-electron chi connectivity index (χ2n) is 8.10. The zero-order valence-electron chi connectivity index (χ0n) is 18.0. The lowest BCUT2D eigenvalue weighted by Gasteiger charge is -2.23. The Morgan fingerprint density at radius 1 is 1.18 bits per heavy atom. The molecule has 1 amide bonds. The van der Waals surface area contributed by atoms with Crippen LogP contribution in [0.5, 0.6) is 0 Å². The largest absolute Gasteiger partial charge is 0.394 e. The number of carbonyl (C=O) groups excluding carboxylic acids is 1. The Morgan fingerprint density at radius 2 is 1.97 bits per heavy atom. The number of fused-ring (bicyclic) bond motifs is 1. The molecule has 1 aliphatic heterocycles. The van der Waals surface area contributed by atoms with Crippen molar-refractivity contribution in [3.63, 3.8) is 0 Å². The van der Waals surface area contributed by atoms with Crippen molar-refractivity contribution < 1.29 is 14.3 Å². The Hall–Kier alpha value is -3.20. The molecule has 34 heavy (non-hydrogen) atoms. The highest BCUT2D eigenvalue weighted by molar-refractivity contribution is 7.21. The molecule has 1 atom stereocenters. The van der Waals surface area contributed by atoms with Crippen LogP contribution in [0.2, 0.25) is 5.02 Å². The van der Waals surface area contributed by atoms with E-state index in [4.69, 9.17) is 11.6 Å². The van der Waals surface area contributed by atoms with E-state index in [-0.39, 0.29) is 29.1 Å². The summed E-state index contributed by atoms with van der Waals surface area (Å²) in [5.41, 5.74) is 1.49. The minimum atomic E-state index is -0.542. The van der Waals surface area contributed by atoms with Crippen LogP contribution in [-0.4, -0.2) is 39.7 Å². The molecule has 3 heterocycles. The van der Waals surface area contributed by atoms with E-state index in [1.54, 1.807) is 21.6 Å². The highest BCUT2D eigenvalue weighted by atomic mass is 35.5. The molecule has 1 saturated heterocycles. The molecule has 4 aromatic rings. The molecule has 0 unspecified atom stereocenters. The van der Waals surface area contributed by atoms with Crippen LogP contribution >= 0.6 is 22.9 Å². The first-order valence-corrected chi connectivity index (χ1v) is 12.0. The third-order valence-electron chi connectivity index (χ3n) is 5.99. The van der Waals surface area contributed by atoms with Gasteiger partial charge < -0.3 is 15.3 Å². The number of aliphatic hydroxyl groups excluding tert-OH is 1. The predicted octanol–water partition coefficient (Wildman–Crippen LogP) is 5.19. The van der Waals surface area contributed by atoms with Gasteiger partial charge in [0.15, 0.2) is 0 Å². The quantitative estimate of drug-likeness (QED) is 0.398. The van der Waals surface area contributed by atoms with Crippen LogP contribution in [0.25, 0.3) is 15.9 Å². The van der Waals surface area contributed by atoms with Crippen molar-refractivity contribution in [2.75, 3.05) is 18.5 Å². The van der Waals surface area contributed by atoms with Crippen molar-refractivity contribution in [1.29, 1.82) is 0 Å². The Bertz CT molecular complexity index is 1440. The van der Waals surface area contributed by atoms with Gasteiger partial charge in [-0.1, -0.05) is 29.8 Å². The summed E-state index contributed by atoms with van der Waals surface area (Å²) in [7, 11) is 0. The minimum absolute atomic E-state index is 0.0431. The number of pyridine rings is 1. The minimum Gasteiger partial charge on any atom is -0.394 e. The summed E-state index contributed by atoms with van der Waals surface area (Å²) in [4.78, 5) is 29.2. The van der Waals surface area contributed by atoms with Crippen molar-refractivity contribution >= 4 is 50.4 Å². The van der Waals surface area contributed by atoms with Crippen molar-refractivity contribution in [2.45, 2.75) is 18.9 Å². The third kappa shape index (κ3) is 3.98. The number of aliphatic hydroxyl groups is 1. The van der Waals surface area contributed by atoms with E-state index in [9.17, 15) is 19.1 Å². The van der Waals surface area contributed by atoms with Gasteiger partial charge in [0.05, 0.1) is 29.0 Å². The molecular weight excluding hydrogens is 477 g/mol. The lowest BCUT2D eigenvalue weighted by Crippen LogP contribution is -2.37. The number of nitrogens with one attached hydrogen (secondary N) is 1. The van der Waals surface area contributed by atoms with E-state index in [1.807, 2.05) is 30.3 Å². The summed E-state index contributed by atoms with van der Waals surface area (Å²) in [6.45, 7) is 0.438. The molecule has 0 radical (unpaired) electrons. The normalized spacial score (nSPS) is 15.7. The average Bonchev–Trinajstić information content (AvgIpc) is 3.46. The molecule has 174 valence electrons. The number of thiophene rings is 1. The van der Waals surface area contributed by atoms with Crippen LogP contribution in [0, 0.1) is 5.82 Å². The van der Waals surface area contributed by atoms with Crippen LogP contribution in [0.1, 0.15) is 22.5 Å². The van der Waals surface area contributed by atoms with Crippen LogP contribution in [0.15, 0.2) is 65.5 Å². The van der Waals surface area contributed by atoms with Gasteiger partial charge in [-0.2, -0.15) is 0 Å². The van der Waals surface area contributed by atoms with E-state index in [2.05, 4.69) is 5.32 Å². The molecule has 0 saturated carbocycles. The fourth-order valence-corrected chi connectivity index (χ4v) is 5.73. The second-order valence-corrected chi connectivity index (χ2v) is 9.50. The summed E-state index contributed by atoms with van der Waals surface area (Å²) in [6, 6.07) is 16.4. The Balaban J connectivity index is 1.71. The van der Waals surface area contributed by atoms with Crippen molar-refractivity contribution in [1.82, 2.24) is 9.47 Å². The van der Waals surface area contributed by atoms with Gasteiger partial charge in [0.25, 0.3) is 11.5 Å². The van der Waals surface area contributed by atoms with Crippen molar-refractivity contribution in [3.05, 3.63) is 86.7 Å². The van der Waals surface area contributed by atoms with E-state index in [1.165, 1.54) is 29.5 Å².